The molecule has 0 unspecified atom stereocenters. The quantitative estimate of drug-likeness (QED) is 0.580. The zero-order chi connectivity index (χ0) is 8.39. The molecule has 1 aliphatic rings. The number of aromatic nitrogens is 1. The summed E-state index contributed by atoms with van der Waals surface area (Å²) in [5, 5.41) is 0. The summed E-state index contributed by atoms with van der Waals surface area (Å²) >= 11 is 0. The van der Waals surface area contributed by atoms with Crippen LogP contribution in [0.25, 0.3) is 0 Å². The van der Waals surface area contributed by atoms with E-state index in [1.165, 1.54) is 12.8 Å². The van der Waals surface area contributed by atoms with E-state index in [0.29, 0.717) is 11.7 Å². The number of hydrogen-bond acceptors (Lipinski definition) is 2. The van der Waals surface area contributed by atoms with Gasteiger partial charge in [-0.2, -0.15) is 0 Å². The van der Waals surface area contributed by atoms with Crippen LogP contribution in [0.1, 0.15) is 18.4 Å². The van der Waals surface area contributed by atoms with Gasteiger partial charge in [-0.25, -0.2) is 4.98 Å². The Bertz CT molecular complexity index is 325. The lowest BCUT2D eigenvalue weighted by Crippen LogP contribution is -1.88. The molecule has 1 aromatic rings. The van der Waals surface area contributed by atoms with Gasteiger partial charge in [-0.3, -0.25) is 0 Å². The van der Waals surface area contributed by atoms with Crippen molar-refractivity contribution in [3.05, 3.63) is 23.9 Å². The predicted molar refractivity (Wildman–Crippen MR) is 48.3 cm³/mol. The molecule has 60 valence electrons. The first-order valence-electron chi connectivity index (χ1n) is 4.08. The molecular weight excluding hydrogens is 148 g/mol. The van der Waals surface area contributed by atoms with Gasteiger partial charge in [0.25, 0.3) is 0 Å². The Kier molecular flexibility index (Phi) is 1.71. The van der Waals surface area contributed by atoms with Crippen LogP contribution in [-0.4, -0.2) is 4.98 Å². The smallest absolute Gasteiger partial charge is 0.123 e. The van der Waals surface area contributed by atoms with Crippen molar-refractivity contribution in [3.63, 3.8) is 0 Å². The molecule has 2 nitrogen and oxygen atoms in total. The van der Waals surface area contributed by atoms with Crippen molar-refractivity contribution in [2.75, 3.05) is 5.73 Å². The molecule has 2 heteroatoms. The SMILES string of the molecule is Nc1ccc(C#CC2CC2)cn1. The summed E-state index contributed by atoms with van der Waals surface area (Å²) in [6.45, 7) is 0. The Morgan fingerprint density at radius 1 is 1.42 bits per heavy atom. The number of nitrogen functional groups attached to an aromatic ring is 1. The zero-order valence-electron chi connectivity index (χ0n) is 6.75. The summed E-state index contributed by atoms with van der Waals surface area (Å²) in [4.78, 5) is 3.95. The van der Waals surface area contributed by atoms with Crippen LogP contribution in [0.3, 0.4) is 0 Å². The minimum atomic E-state index is 0.548. The summed E-state index contributed by atoms with van der Waals surface area (Å²) in [6.07, 6.45) is 4.23. The van der Waals surface area contributed by atoms with E-state index in [2.05, 4.69) is 16.8 Å². The summed E-state index contributed by atoms with van der Waals surface area (Å²) in [7, 11) is 0. The normalized spacial score (nSPS) is 15.0. The van der Waals surface area contributed by atoms with E-state index in [-0.39, 0.29) is 0 Å². The molecule has 1 aliphatic carbocycles. The highest BCUT2D eigenvalue weighted by molar-refractivity contribution is 5.38. The molecule has 0 saturated heterocycles. The van der Waals surface area contributed by atoms with Crippen LogP contribution in [0.2, 0.25) is 0 Å². The minimum Gasteiger partial charge on any atom is -0.384 e. The van der Waals surface area contributed by atoms with Crippen molar-refractivity contribution < 1.29 is 0 Å². The standard InChI is InChI=1S/C10H10N2/c11-10-6-5-9(7-12-10)4-3-8-1-2-8/h5-8H,1-2H2,(H2,11,12). The second-order valence-electron chi connectivity index (χ2n) is 3.02. The molecule has 0 radical (unpaired) electrons. The van der Waals surface area contributed by atoms with Crippen molar-refractivity contribution in [2.24, 2.45) is 5.92 Å². The van der Waals surface area contributed by atoms with Gasteiger partial charge < -0.3 is 5.73 Å². The number of pyridine rings is 1. The molecule has 1 heterocycles. The van der Waals surface area contributed by atoms with Gasteiger partial charge >= 0.3 is 0 Å². The van der Waals surface area contributed by atoms with Gasteiger partial charge in [0.05, 0.1) is 0 Å². The molecule has 1 aromatic heterocycles. The molecule has 2 N–H and O–H groups in total. The molecule has 1 saturated carbocycles. The second kappa shape index (κ2) is 2.86. The third kappa shape index (κ3) is 1.76. The summed E-state index contributed by atoms with van der Waals surface area (Å²) in [5.41, 5.74) is 6.39. The lowest BCUT2D eigenvalue weighted by molar-refractivity contribution is 1.18. The molecule has 0 aromatic carbocycles. The highest BCUT2D eigenvalue weighted by Crippen LogP contribution is 2.27. The predicted octanol–water partition coefficient (Wildman–Crippen LogP) is 1.43. The topological polar surface area (TPSA) is 38.9 Å². The van der Waals surface area contributed by atoms with Crippen LogP contribution in [0, 0.1) is 17.8 Å². The van der Waals surface area contributed by atoms with Crippen LogP contribution >= 0.6 is 0 Å². The number of nitrogens with two attached hydrogens (primary N) is 1. The second-order valence-corrected chi connectivity index (χ2v) is 3.02. The first-order valence-corrected chi connectivity index (χ1v) is 4.08. The first kappa shape index (κ1) is 7.17. The maximum atomic E-state index is 5.44. The van der Waals surface area contributed by atoms with E-state index < -0.39 is 0 Å². The van der Waals surface area contributed by atoms with E-state index in [4.69, 9.17) is 5.73 Å². The van der Waals surface area contributed by atoms with Gasteiger partial charge in [-0.15, -0.1) is 0 Å². The van der Waals surface area contributed by atoms with Crippen LogP contribution in [0.4, 0.5) is 5.82 Å². The molecule has 0 spiro atoms. The number of hydrogen-bond donors (Lipinski definition) is 1. The molecule has 0 bridgehead atoms. The Balaban J connectivity index is 2.13. The lowest BCUT2D eigenvalue weighted by atomic mass is 10.2. The fourth-order valence-corrected chi connectivity index (χ4v) is 0.892. The molecule has 0 atom stereocenters. The Morgan fingerprint density at radius 3 is 2.83 bits per heavy atom. The van der Waals surface area contributed by atoms with Crippen molar-refractivity contribution in [1.82, 2.24) is 4.98 Å². The molecule has 12 heavy (non-hydrogen) atoms. The fourth-order valence-electron chi connectivity index (χ4n) is 0.892. The monoisotopic (exact) mass is 158 g/mol. The Labute approximate surface area is 71.8 Å². The van der Waals surface area contributed by atoms with E-state index in [9.17, 15) is 0 Å². The maximum Gasteiger partial charge on any atom is 0.123 e. The highest BCUT2D eigenvalue weighted by atomic mass is 14.8. The van der Waals surface area contributed by atoms with Crippen LogP contribution in [0.5, 0.6) is 0 Å². The maximum absolute atomic E-state index is 5.44. The third-order valence-corrected chi connectivity index (χ3v) is 1.78. The largest absolute Gasteiger partial charge is 0.384 e. The van der Waals surface area contributed by atoms with E-state index in [1.54, 1.807) is 12.3 Å². The van der Waals surface area contributed by atoms with Gasteiger partial charge in [-0.05, 0) is 25.0 Å². The number of nitrogens with zero attached hydrogens (tertiary/aromatic N) is 1. The van der Waals surface area contributed by atoms with Gasteiger partial charge in [0, 0.05) is 17.7 Å². The zero-order valence-corrected chi connectivity index (χ0v) is 6.75. The Hall–Kier alpha value is -1.49. The molecule has 0 aliphatic heterocycles. The average Bonchev–Trinajstić information content (AvgIpc) is 2.87. The average molecular weight is 158 g/mol. The van der Waals surface area contributed by atoms with E-state index >= 15 is 0 Å². The Morgan fingerprint density at radius 2 is 2.25 bits per heavy atom. The lowest BCUT2D eigenvalue weighted by Gasteiger charge is -1.90. The number of rotatable bonds is 0. The first-order chi connectivity index (χ1) is 5.84. The molecular formula is C10H10N2. The number of anilines is 1. The molecule has 2 rings (SSSR count). The summed E-state index contributed by atoms with van der Waals surface area (Å²) in [5.74, 6) is 7.42. The van der Waals surface area contributed by atoms with Crippen molar-refractivity contribution >= 4 is 5.82 Å². The van der Waals surface area contributed by atoms with Crippen molar-refractivity contribution in [3.8, 4) is 11.8 Å². The van der Waals surface area contributed by atoms with Gasteiger partial charge in [0.2, 0.25) is 0 Å². The van der Waals surface area contributed by atoms with E-state index in [1.807, 2.05) is 6.07 Å². The van der Waals surface area contributed by atoms with Gasteiger partial charge in [-0.1, -0.05) is 11.8 Å². The molecule has 1 fully saturated rings. The summed E-state index contributed by atoms with van der Waals surface area (Å²) < 4.78 is 0. The highest BCUT2D eigenvalue weighted by Gasteiger charge is 2.17. The van der Waals surface area contributed by atoms with Gasteiger partial charge in [0.1, 0.15) is 5.82 Å². The van der Waals surface area contributed by atoms with Crippen LogP contribution in [-0.2, 0) is 0 Å². The van der Waals surface area contributed by atoms with Crippen molar-refractivity contribution in [1.29, 1.82) is 0 Å². The fraction of sp³-hybridized carbons (Fsp3) is 0.300. The van der Waals surface area contributed by atoms with E-state index in [0.717, 1.165) is 5.56 Å². The summed E-state index contributed by atoms with van der Waals surface area (Å²) in [6, 6.07) is 3.68. The minimum absolute atomic E-state index is 0.548. The van der Waals surface area contributed by atoms with Crippen molar-refractivity contribution in [2.45, 2.75) is 12.8 Å². The van der Waals surface area contributed by atoms with Gasteiger partial charge in [0.15, 0.2) is 0 Å². The third-order valence-electron chi connectivity index (χ3n) is 1.78. The van der Waals surface area contributed by atoms with Crippen LogP contribution < -0.4 is 5.73 Å². The van der Waals surface area contributed by atoms with Crippen LogP contribution in [0.15, 0.2) is 18.3 Å². The molecule has 0 amide bonds.